The van der Waals surface area contributed by atoms with Gasteiger partial charge < -0.3 is 15.0 Å². The van der Waals surface area contributed by atoms with Gasteiger partial charge in [-0.05, 0) is 26.1 Å². The van der Waals surface area contributed by atoms with Crippen LogP contribution in [0.2, 0.25) is 0 Å². The van der Waals surface area contributed by atoms with Crippen LogP contribution in [-0.2, 0) is 0 Å². The highest BCUT2D eigenvalue weighted by Crippen LogP contribution is 2.18. The largest absolute Gasteiger partial charge is 0.411 e. The fourth-order valence-electron chi connectivity index (χ4n) is 2.05. The Morgan fingerprint density at radius 2 is 1.94 bits per heavy atom. The average Bonchev–Trinajstić information content (AvgIpc) is 2.39. The van der Waals surface area contributed by atoms with Crippen LogP contribution in [0.1, 0.15) is 12.5 Å². The van der Waals surface area contributed by atoms with Gasteiger partial charge in [-0.25, -0.2) is 0 Å². The predicted octanol–water partition coefficient (Wildman–Crippen LogP) is 1.64. The topological polar surface area (TPSA) is 39.1 Å². The molecule has 1 heterocycles. The summed E-state index contributed by atoms with van der Waals surface area (Å²) >= 11 is 0. The van der Waals surface area contributed by atoms with E-state index in [1.165, 1.54) is 5.69 Å². The van der Waals surface area contributed by atoms with Crippen molar-refractivity contribution >= 4 is 11.4 Å². The van der Waals surface area contributed by atoms with Gasteiger partial charge in [-0.2, -0.15) is 0 Å². The summed E-state index contributed by atoms with van der Waals surface area (Å²) in [6.07, 6.45) is 0. The van der Waals surface area contributed by atoms with Gasteiger partial charge in [-0.1, -0.05) is 17.3 Å². The lowest BCUT2D eigenvalue weighted by molar-refractivity contribution is 0.313. The second-order valence-electron chi connectivity index (χ2n) is 4.53. The van der Waals surface area contributed by atoms with E-state index in [0.29, 0.717) is 5.71 Å². The number of nitrogens with zero attached hydrogens (tertiary/aromatic N) is 3. The van der Waals surface area contributed by atoms with Crippen molar-refractivity contribution < 1.29 is 5.21 Å². The van der Waals surface area contributed by atoms with Crippen molar-refractivity contribution in [2.45, 2.75) is 6.92 Å². The monoisotopic (exact) mass is 233 g/mol. The molecule has 1 saturated heterocycles. The highest BCUT2D eigenvalue weighted by molar-refractivity contribution is 5.99. The van der Waals surface area contributed by atoms with Gasteiger partial charge in [-0.3, -0.25) is 0 Å². The van der Waals surface area contributed by atoms with E-state index in [0.717, 1.165) is 31.7 Å². The Bertz CT molecular complexity index is 409. The van der Waals surface area contributed by atoms with E-state index < -0.39 is 0 Å². The molecule has 0 atom stereocenters. The summed E-state index contributed by atoms with van der Waals surface area (Å²) < 4.78 is 0. The zero-order valence-electron chi connectivity index (χ0n) is 10.4. The Hall–Kier alpha value is -1.55. The first-order valence-electron chi connectivity index (χ1n) is 5.93. The molecule has 1 aliphatic rings. The van der Waals surface area contributed by atoms with Gasteiger partial charge in [0.1, 0.15) is 0 Å². The van der Waals surface area contributed by atoms with Crippen LogP contribution in [0.15, 0.2) is 29.4 Å². The molecule has 17 heavy (non-hydrogen) atoms. The number of benzene rings is 1. The molecule has 0 aliphatic carbocycles. The van der Waals surface area contributed by atoms with Gasteiger partial charge in [0.2, 0.25) is 0 Å². The highest BCUT2D eigenvalue weighted by Gasteiger charge is 2.14. The normalized spacial score (nSPS) is 18.5. The maximum Gasteiger partial charge on any atom is 0.0837 e. The Labute approximate surface area is 102 Å². The third-order valence-corrected chi connectivity index (χ3v) is 3.28. The molecule has 1 aromatic carbocycles. The number of hydrogen-bond acceptors (Lipinski definition) is 4. The molecule has 1 aromatic rings. The number of hydrogen-bond donors (Lipinski definition) is 1. The second kappa shape index (κ2) is 5.19. The van der Waals surface area contributed by atoms with Crippen LogP contribution in [0.3, 0.4) is 0 Å². The van der Waals surface area contributed by atoms with Gasteiger partial charge in [0.15, 0.2) is 0 Å². The molecule has 4 heteroatoms. The average molecular weight is 233 g/mol. The van der Waals surface area contributed by atoms with Crippen LogP contribution in [0, 0.1) is 0 Å². The molecule has 4 nitrogen and oxygen atoms in total. The smallest absolute Gasteiger partial charge is 0.0837 e. The molecule has 2 rings (SSSR count). The molecular weight excluding hydrogens is 214 g/mol. The second-order valence-corrected chi connectivity index (χ2v) is 4.53. The third-order valence-electron chi connectivity index (χ3n) is 3.28. The van der Waals surface area contributed by atoms with Gasteiger partial charge >= 0.3 is 0 Å². The molecule has 0 aromatic heterocycles. The van der Waals surface area contributed by atoms with E-state index in [1.54, 1.807) is 0 Å². The molecule has 1 fully saturated rings. The SMILES string of the molecule is C/C(=N\O)c1cccc(N2CCN(C)CC2)c1. The van der Waals surface area contributed by atoms with Crippen molar-refractivity contribution in [1.82, 2.24) is 4.90 Å². The van der Waals surface area contributed by atoms with E-state index in [2.05, 4.69) is 34.1 Å². The minimum atomic E-state index is 0.654. The van der Waals surface area contributed by atoms with E-state index >= 15 is 0 Å². The first-order valence-corrected chi connectivity index (χ1v) is 5.93. The maximum absolute atomic E-state index is 8.79. The van der Waals surface area contributed by atoms with Crippen LogP contribution in [0.4, 0.5) is 5.69 Å². The fourth-order valence-corrected chi connectivity index (χ4v) is 2.05. The first-order chi connectivity index (χ1) is 8.20. The van der Waals surface area contributed by atoms with Crippen LogP contribution < -0.4 is 4.90 Å². The van der Waals surface area contributed by atoms with Crippen LogP contribution >= 0.6 is 0 Å². The molecule has 1 N–H and O–H groups in total. The van der Waals surface area contributed by atoms with Gasteiger partial charge in [0.05, 0.1) is 5.71 Å². The van der Waals surface area contributed by atoms with Crippen molar-refractivity contribution in [3.05, 3.63) is 29.8 Å². The summed E-state index contributed by atoms with van der Waals surface area (Å²) in [5, 5.41) is 12.0. The van der Waals surface area contributed by atoms with Gasteiger partial charge in [-0.15, -0.1) is 0 Å². The summed E-state index contributed by atoms with van der Waals surface area (Å²) in [7, 11) is 2.15. The number of oxime groups is 1. The summed E-state index contributed by atoms with van der Waals surface area (Å²) in [5.41, 5.74) is 2.84. The van der Waals surface area contributed by atoms with Crippen molar-refractivity contribution in [3.63, 3.8) is 0 Å². The minimum Gasteiger partial charge on any atom is -0.411 e. The fraction of sp³-hybridized carbons (Fsp3) is 0.462. The van der Waals surface area contributed by atoms with Crippen molar-refractivity contribution in [2.75, 3.05) is 38.1 Å². The van der Waals surface area contributed by atoms with Crippen LogP contribution in [0.5, 0.6) is 0 Å². The highest BCUT2D eigenvalue weighted by atomic mass is 16.4. The van der Waals surface area contributed by atoms with E-state index in [4.69, 9.17) is 5.21 Å². The summed E-state index contributed by atoms with van der Waals surface area (Å²) in [6.45, 7) is 6.10. The lowest BCUT2D eigenvalue weighted by Crippen LogP contribution is -2.44. The van der Waals surface area contributed by atoms with E-state index in [9.17, 15) is 0 Å². The lowest BCUT2D eigenvalue weighted by atomic mass is 10.1. The Kier molecular flexibility index (Phi) is 3.64. The summed E-state index contributed by atoms with van der Waals surface area (Å²) in [5.74, 6) is 0. The lowest BCUT2D eigenvalue weighted by Gasteiger charge is -2.34. The standard InChI is InChI=1S/C13H19N3O/c1-11(14-17)12-4-3-5-13(10-12)16-8-6-15(2)7-9-16/h3-5,10,17H,6-9H2,1-2H3/b14-11+. The number of piperazine rings is 1. The number of likely N-dealkylation sites (N-methyl/N-ethyl adjacent to an activating group) is 1. The third kappa shape index (κ3) is 2.77. The molecule has 1 aliphatic heterocycles. The van der Waals surface area contributed by atoms with Crippen LogP contribution in [0.25, 0.3) is 0 Å². The maximum atomic E-state index is 8.79. The van der Waals surface area contributed by atoms with Crippen LogP contribution in [-0.4, -0.2) is 49.0 Å². The minimum absolute atomic E-state index is 0.654. The number of rotatable bonds is 2. The van der Waals surface area contributed by atoms with Gasteiger partial charge in [0.25, 0.3) is 0 Å². The van der Waals surface area contributed by atoms with Gasteiger partial charge in [0, 0.05) is 37.4 Å². The zero-order chi connectivity index (χ0) is 12.3. The molecule has 92 valence electrons. The first kappa shape index (κ1) is 11.9. The summed E-state index contributed by atoms with van der Waals surface area (Å²) in [6, 6.07) is 8.17. The van der Waals surface area contributed by atoms with Crippen molar-refractivity contribution in [2.24, 2.45) is 5.16 Å². The predicted molar refractivity (Wildman–Crippen MR) is 70.1 cm³/mol. The molecular formula is C13H19N3O. The molecule has 0 amide bonds. The van der Waals surface area contributed by atoms with E-state index in [-0.39, 0.29) is 0 Å². The summed E-state index contributed by atoms with van der Waals surface area (Å²) in [4.78, 5) is 4.70. The quantitative estimate of drug-likeness (QED) is 0.479. The molecule has 0 radical (unpaired) electrons. The Morgan fingerprint density at radius 3 is 2.59 bits per heavy atom. The zero-order valence-corrected chi connectivity index (χ0v) is 10.4. The molecule has 0 saturated carbocycles. The van der Waals surface area contributed by atoms with E-state index in [1.807, 2.05) is 19.1 Å². The molecule has 0 unspecified atom stereocenters. The number of anilines is 1. The van der Waals surface area contributed by atoms with Crippen molar-refractivity contribution in [1.29, 1.82) is 0 Å². The Balaban J connectivity index is 2.16. The van der Waals surface area contributed by atoms with Crippen molar-refractivity contribution in [3.8, 4) is 0 Å². The molecule has 0 bridgehead atoms. The molecule has 0 spiro atoms. The Morgan fingerprint density at radius 1 is 1.24 bits per heavy atom.